The van der Waals surface area contributed by atoms with Gasteiger partial charge in [0.2, 0.25) is 47.3 Å². The third-order valence-corrected chi connectivity index (χ3v) is 13.1. The number of benzene rings is 2. The summed E-state index contributed by atoms with van der Waals surface area (Å²) in [4.78, 5) is 182. The number of rotatable bonds is 39. The lowest BCUT2D eigenvalue weighted by atomic mass is 9.95. The molecule has 0 saturated carbocycles. The van der Waals surface area contributed by atoms with Crippen LogP contribution in [0.15, 0.2) is 48.7 Å². The number of carboxylic acid groups (broad SMARTS) is 6. The number of phenols is 1. The van der Waals surface area contributed by atoms with E-state index >= 15 is 0 Å². The largest absolute Gasteiger partial charge is 0.508 e. The summed E-state index contributed by atoms with van der Waals surface area (Å²) in [6.45, 7) is 0.0814. The van der Waals surface area contributed by atoms with E-state index in [2.05, 4.69) is 20.8 Å². The van der Waals surface area contributed by atoms with Crippen molar-refractivity contribution in [2.45, 2.75) is 138 Å². The lowest BCUT2D eigenvalue weighted by molar-refractivity contribution is -0.145. The number of aliphatic carboxylic acids is 6. The molecule has 3 rings (SSSR count). The van der Waals surface area contributed by atoms with E-state index < -0.39 is 217 Å². The standard InChI is InChI=1S/C54H65F6N13O21/c55-53(56,57)28-16-25(38-23-63-73-72-38)17-29(54(58,59)60)27(28)11-12-39(75)64-33(18-40(76)77)47(88)67-32(15-24-7-9-26(74)10-8-24)46(87)65-30(5-1-3-13-61)45(86)68-35(20-42(80)81)49(90)70-37(22-44(84)85)51(92)71-36(21-43(82)83)50(91)69-34(19-41(78)79)48(89)66-31(52(93)94)6-2-4-14-62/h7-12,16-17,23,30-37,74H,1-6,13-15,18-22,61-62H2,(H,64,75)(H,65,87)(H,66,89)(H,67,88)(H,68,86)(H,69,91)(H,70,90)(H,71,92)(H,76,77)(H,78,79)(H,80,81)(H,82,83)(H,84,85)(H,93,94)(H,63,72,73)/b12-11+/t30-,31-,32-,33-,34-,35-,36-,37-/m0/s1. The van der Waals surface area contributed by atoms with E-state index in [9.17, 15) is 129 Å². The first kappa shape index (κ1) is 77.4. The first-order valence-electron chi connectivity index (χ1n) is 27.7. The van der Waals surface area contributed by atoms with Gasteiger partial charge in [0.15, 0.2) is 0 Å². The third kappa shape index (κ3) is 26.2. The Kier molecular flexibility index (Phi) is 29.9. The number of carbonyl (C=O) groups is 14. The zero-order valence-electron chi connectivity index (χ0n) is 48.9. The SMILES string of the molecule is NCCCC[C@H](NC(=O)[C@H](CC(=O)O)NC(=O)[C@H](CC(=O)O)NC(=O)[C@H](CC(=O)O)NC(=O)[C@H](CC(=O)O)NC(=O)[C@H](CCCCN)NC(=O)[C@H](Cc1ccc(O)cc1)NC(=O)[C@H](CC(=O)O)NC(=O)/C=C/c1c(C(F)(F)F)cc(-c2cn[nH]n2)cc1C(F)(F)F)C(=O)O. The number of halogens is 6. The van der Waals surface area contributed by atoms with E-state index in [1.54, 1.807) is 0 Å². The molecule has 0 bridgehead atoms. The zero-order valence-corrected chi connectivity index (χ0v) is 48.9. The van der Waals surface area contributed by atoms with Crippen molar-refractivity contribution in [2.75, 3.05) is 13.1 Å². The maximum absolute atomic E-state index is 14.4. The number of hydrogen-bond acceptors (Lipinski definition) is 19. The molecule has 0 unspecified atom stereocenters. The highest BCUT2D eigenvalue weighted by atomic mass is 19.4. The maximum Gasteiger partial charge on any atom is 0.417 e. The van der Waals surface area contributed by atoms with Crippen LogP contribution >= 0.6 is 0 Å². The number of aromatic amines is 1. The van der Waals surface area contributed by atoms with Gasteiger partial charge in [-0.2, -0.15) is 41.8 Å². The molecule has 40 heteroatoms. The topological polar surface area (TPSA) is 570 Å². The lowest BCUT2D eigenvalue weighted by Gasteiger charge is -2.27. The smallest absolute Gasteiger partial charge is 0.417 e. The van der Waals surface area contributed by atoms with Gasteiger partial charge in [-0.05, 0) is 93.1 Å². The normalized spacial score (nSPS) is 14.0. The number of phenolic OH excluding ortho intramolecular Hbond substituents is 1. The molecule has 0 fully saturated rings. The molecule has 0 aliphatic rings. The number of unbranched alkanes of at least 4 members (excludes halogenated alkanes) is 2. The fourth-order valence-corrected chi connectivity index (χ4v) is 8.58. The molecule has 0 radical (unpaired) electrons. The summed E-state index contributed by atoms with van der Waals surface area (Å²) < 4.78 is 86.2. The average Bonchev–Trinajstić information content (AvgIpc) is 1.00. The molecule has 1 heterocycles. The number of hydrogen-bond donors (Lipinski definition) is 18. The number of nitrogens with zero attached hydrogens (tertiary/aromatic N) is 2. The molecule has 0 aliphatic carbocycles. The summed E-state index contributed by atoms with van der Waals surface area (Å²) in [5.41, 5.74) is 4.54. The van der Waals surface area contributed by atoms with E-state index in [0.717, 1.165) is 18.3 Å². The van der Waals surface area contributed by atoms with Crippen molar-refractivity contribution in [3.8, 4) is 17.0 Å². The Hall–Kier alpha value is -10.8. The van der Waals surface area contributed by atoms with Gasteiger partial charge in [-0.1, -0.05) is 12.1 Å². The monoisotopic (exact) mass is 1350 g/mol. The lowest BCUT2D eigenvalue weighted by Crippen LogP contribution is -2.61. The minimum Gasteiger partial charge on any atom is -0.508 e. The van der Waals surface area contributed by atoms with Crippen LogP contribution in [0.25, 0.3) is 17.3 Å². The molecule has 0 spiro atoms. The summed E-state index contributed by atoms with van der Waals surface area (Å²) in [5, 5.41) is 92.5. The van der Waals surface area contributed by atoms with E-state index in [1.165, 1.54) is 12.1 Å². The van der Waals surface area contributed by atoms with Gasteiger partial charge >= 0.3 is 48.2 Å². The molecule has 3 aromatic rings. The molecule has 1 aromatic heterocycles. The molecule has 8 atom stereocenters. The van der Waals surface area contributed by atoms with Crippen molar-refractivity contribution in [1.82, 2.24) is 57.9 Å². The van der Waals surface area contributed by atoms with Crippen LogP contribution < -0.4 is 54.0 Å². The minimum atomic E-state index is -5.52. The highest BCUT2D eigenvalue weighted by Gasteiger charge is 2.42. The Bertz CT molecular complexity index is 3240. The summed E-state index contributed by atoms with van der Waals surface area (Å²) in [7, 11) is 0. The van der Waals surface area contributed by atoms with Crippen molar-refractivity contribution in [3.05, 3.63) is 70.9 Å². The Labute approximate surface area is 525 Å². The van der Waals surface area contributed by atoms with Gasteiger partial charge in [0, 0.05) is 18.1 Å². The Morgan fingerprint density at radius 1 is 0.479 bits per heavy atom. The minimum absolute atomic E-state index is 0.0513. The van der Waals surface area contributed by atoms with Crippen molar-refractivity contribution >= 4 is 89.1 Å². The second kappa shape index (κ2) is 36.3. The van der Waals surface area contributed by atoms with Gasteiger partial charge in [0.25, 0.3) is 0 Å². The number of carbonyl (C=O) groups excluding carboxylic acids is 8. The second-order valence-electron chi connectivity index (χ2n) is 20.4. The van der Waals surface area contributed by atoms with E-state index in [0.29, 0.717) is 6.42 Å². The molecule has 94 heavy (non-hydrogen) atoms. The molecule has 8 amide bonds. The fourth-order valence-electron chi connectivity index (χ4n) is 8.58. The summed E-state index contributed by atoms with van der Waals surface area (Å²) in [6, 6.07) is -11.9. The molecule has 20 N–H and O–H groups in total. The zero-order chi connectivity index (χ0) is 70.8. The van der Waals surface area contributed by atoms with Crippen molar-refractivity contribution in [2.24, 2.45) is 11.5 Å². The molecule has 514 valence electrons. The first-order chi connectivity index (χ1) is 43.9. The van der Waals surface area contributed by atoms with Gasteiger partial charge in [0.05, 0.1) is 49.4 Å². The van der Waals surface area contributed by atoms with Crippen LogP contribution in [0, 0.1) is 0 Å². The number of aromatic hydroxyl groups is 1. The van der Waals surface area contributed by atoms with Crippen LogP contribution in [0.1, 0.15) is 92.9 Å². The summed E-state index contributed by atoms with van der Waals surface area (Å²) in [5.74, 6) is -23.6. The number of nitrogens with two attached hydrogens (primary N) is 2. The molecular weight excluding hydrogens is 1280 g/mol. The van der Waals surface area contributed by atoms with Crippen molar-refractivity contribution in [3.63, 3.8) is 0 Å². The summed E-state index contributed by atoms with van der Waals surface area (Å²) in [6.07, 6.45) is -17.7. The molecule has 0 saturated heterocycles. The predicted octanol–water partition coefficient (Wildman–Crippen LogP) is -1.93. The Balaban J connectivity index is 1.99. The van der Waals surface area contributed by atoms with Crippen LogP contribution in [0.2, 0.25) is 0 Å². The van der Waals surface area contributed by atoms with E-state index in [1.807, 2.05) is 37.1 Å². The highest BCUT2D eigenvalue weighted by molar-refractivity contribution is 6.01. The quantitative estimate of drug-likeness (QED) is 0.0168. The number of carboxylic acids is 6. The van der Waals surface area contributed by atoms with Gasteiger partial charge in [-0.15, -0.1) is 0 Å². The van der Waals surface area contributed by atoms with E-state index in [4.69, 9.17) is 11.5 Å². The first-order valence-corrected chi connectivity index (χ1v) is 27.7. The van der Waals surface area contributed by atoms with Crippen LogP contribution in [0.3, 0.4) is 0 Å². The number of nitrogens with one attached hydrogen (secondary N) is 9. The predicted molar refractivity (Wildman–Crippen MR) is 303 cm³/mol. The highest BCUT2D eigenvalue weighted by Crippen LogP contribution is 2.42. The second-order valence-corrected chi connectivity index (χ2v) is 20.4. The van der Waals surface area contributed by atoms with E-state index in [-0.39, 0.29) is 74.4 Å². The third-order valence-electron chi connectivity index (χ3n) is 13.1. The van der Waals surface area contributed by atoms with Crippen LogP contribution in [-0.2, 0) is 85.9 Å². The fraction of sp³-hybridized carbons (Fsp3) is 0.444. The number of aromatic nitrogens is 3. The maximum atomic E-state index is 14.4. The van der Waals surface area contributed by atoms with Crippen molar-refractivity contribution in [1.29, 1.82) is 0 Å². The van der Waals surface area contributed by atoms with Crippen LogP contribution in [-0.4, -0.2) is 196 Å². The van der Waals surface area contributed by atoms with Crippen LogP contribution in [0.4, 0.5) is 26.3 Å². The average molecular weight is 1350 g/mol. The summed E-state index contributed by atoms with van der Waals surface area (Å²) >= 11 is 0. The number of alkyl halides is 6. The molecule has 2 aromatic carbocycles. The molecule has 34 nitrogen and oxygen atoms in total. The van der Waals surface area contributed by atoms with Gasteiger partial charge in [-0.3, -0.25) is 62.3 Å². The number of H-pyrrole nitrogens is 1. The van der Waals surface area contributed by atoms with Crippen LogP contribution in [0.5, 0.6) is 5.75 Å². The Morgan fingerprint density at radius 3 is 1.17 bits per heavy atom. The van der Waals surface area contributed by atoms with Crippen molar-refractivity contribution < 1.29 is 129 Å². The van der Waals surface area contributed by atoms with Gasteiger partial charge < -0.3 is 89.7 Å². The Morgan fingerprint density at radius 2 is 0.819 bits per heavy atom. The number of amides is 8. The molecule has 0 aliphatic heterocycles. The molecular formula is C54H65F6N13O21. The van der Waals surface area contributed by atoms with Gasteiger partial charge in [0.1, 0.15) is 59.8 Å². The van der Waals surface area contributed by atoms with Gasteiger partial charge in [-0.25, -0.2) is 4.79 Å².